The highest BCUT2D eigenvalue weighted by Gasteiger charge is 2.10. The number of hydrogen-bond acceptors (Lipinski definition) is 5. The number of benzene rings is 1. The van der Waals surface area contributed by atoms with Gasteiger partial charge in [-0.3, -0.25) is 19.6 Å². The maximum absolute atomic E-state index is 11.7. The Morgan fingerprint density at radius 1 is 1.50 bits per heavy atom. The molecule has 0 radical (unpaired) electrons. The molecule has 1 aromatic carbocycles. The average Bonchev–Trinajstić information content (AvgIpc) is 2.85. The summed E-state index contributed by atoms with van der Waals surface area (Å²) in [6.07, 6.45) is 2.52. The monoisotopic (exact) mass is 276 g/mol. The van der Waals surface area contributed by atoms with Crippen LogP contribution in [0.4, 0.5) is 11.4 Å². The van der Waals surface area contributed by atoms with Crippen LogP contribution in [0, 0.1) is 10.1 Å². The third-order valence-electron chi connectivity index (χ3n) is 2.53. The van der Waals surface area contributed by atoms with Gasteiger partial charge in [0.05, 0.1) is 4.92 Å². The number of rotatable bonds is 5. The molecule has 0 aliphatic carbocycles. The zero-order valence-electron chi connectivity index (χ0n) is 10.4. The predicted molar refractivity (Wildman–Crippen MR) is 70.2 cm³/mol. The molecule has 1 amide bonds. The summed E-state index contributed by atoms with van der Waals surface area (Å²) >= 11 is 0. The summed E-state index contributed by atoms with van der Waals surface area (Å²) in [5.41, 5.74) is 0.375. The van der Waals surface area contributed by atoms with Crippen LogP contribution < -0.4 is 5.32 Å². The first-order chi connectivity index (χ1) is 9.54. The number of hydrogen-bond donors (Lipinski definition) is 2. The second-order valence-corrected chi connectivity index (χ2v) is 4.07. The van der Waals surface area contributed by atoms with Crippen LogP contribution in [-0.4, -0.2) is 25.7 Å². The summed E-state index contributed by atoms with van der Waals surface area (Å²) in [6.45, 7) is 0.235. The van der Waals surface area contributed by atoms with Gasteiger partial charge in [-0.05, 0) is 12.1 Å². The van der Waals surface area contributed by atoms with Gasteiger partial charge in [0.2, 0.25) is 5.91 Å². The molecule has 0 fully saturated rings. The van der Waals surface area contributed by atoms with Crippen molar-refractivity contribution in [2.45, 2.75) is 13.0 Å². The summed E-state index contributed by atoms with van der Waals surface area (Å²) in [7, 11) is 0. The highest BCUT2D eigenvalue weighted by Crippen LogP contribution is 2.15. The Labute approximate surface area is 113 Å². The number of aromatic hydroxyl groups is 1. The van der Waals surface area contributed by atoms with Gasteiger partial charge in [0, 0.05) is 24.7 Å². The van der Waals surface area contributed by atoms with E-state index in [1.54, 1.807) is 12.1 Å². The van der Waals surface area contributed by atoms with Crippen molar-refractivity contribution in [2.75, 3.05) is 5.32 Å². The first-order valence-electron chi connectivity index (χ1n) is 5.80. The van der Waals surface area contributed by atoms with E-state index in [1.165, 1.54) is 23.0 Å². The van der Waals surface area contributed by atoms with Crippen LogP contribution in [0.3, 0.4) is 0 Å². The number of anilines is 1. The first kappa shape index (κ1) is 13.5. The van der Waals surface area contributed by atoms with Gasteiger partial charge in [-0.25, -0.2) is 0 Å². The molecule has 0 saturated heterocycles. The molecule has 104 valence electrons. The van der Waals surface area contributed by atoms with Crippen LogP contribution in [0.2, 0.25) is 0 Å². The molecule has 0 unspecified atom stereocenters. The minimum absolute atomic E-state index is 0.0606. The second-order valence-electron chi connectivity index (χ2n) is 4.07. The number of amides is 1. The maximum atomic E-state index is 11.7. The van der Waals surface area contributed by atoms with Crippen molar-refractivity contribution in [2.24, 2.45) is 0 Å². The second kappa shape index (κ2) is 5.83. The molecule has 0 atom stereocenters. The van der Waals surface area contributed by atoms with Crippen LogP contribution in [0.5, 0.6) is 5.75 Å². The van der Waals surface area contributed by atoms with Gasteiger partial charge < -0.3 is 10.4 Å². The van der Waals surface area contributed by atoms with Crippen molar-refractivity contribution in [1.29, 1.82) is 0 Å². The van der Waals surface area contributed by atoms with Crippen molar-refractivity contribution < 1.29 is 14.8 Å². The fourth-order valence-corrected chi connectivity index (χ4v) is 1.59. The number of nitrogens with zero attached hydrogens (tertiary/aromatic N) is 3. The summed E-state index contributed by atoms with van der Waals surface area (Å²) in [6, 6.07) is 6.19. The largest absolute Gasteiger partial charge is 0.508 e. The molecule has 2 aromatic rings. The van der Waals surface area contributed by atoms with Crippen molar-refractivity contribution >= 4 is 17.3 Å². The van der Waals surface area contributed by atoms with E-state index in [0.29, 0.717) is 5.69 Å². The summed E-state index contributed by atoms with van der Waals surface area (Å²) in [5, 5.41) is 26.1. The van der Waals surface area contributed by atoms with Crippen LogP contribution in [0.25, 0.3) is 0 Å². The van der Waals surface area contributed by atoms with Gasteiger partial charge in [-0.15, -0.1) is 0 Å². The third kappa shape index (κ3) is 3.55. The Bertz CT molecular complexity index is 638. The lowest BCUT2D eigenvalue weighted by molar-refractivity contribution is -0.385. The van der Waals surface area contributed by atoms with E-state index in [4.69, 9.17) is 0 Å². The number of phenols is 1. The van der Waals surface area contributed by atoms with Crippen LogP contribution >= 0.6 is 0 Å². The summed E-state index contributed by atoms with van der Waals surface area (Å²) < 4.78 is 1.33. The third-order valence-corrected chi connectivity index (χ3v) is 2.53. The Hall–Kier alpha value is -2.90. The normalized spacial score (nSPS) is 10.2. The molecule has 0 aliphatic rings. The minimum Gasteiger partial charge on any atom is -0.508 e. The lowest BCUT2D eigenvalue weighted by Crippen LogP contribution is -2.14. The van der Waals surface area contributed by atoms with Crippen molar-refractivity contribution in [3.05, 3.63) is 46.8 Å². The summed E-state index contributed by atoms with van der Waals surface area (Å²) in [5.74, 6) is -0.209. The minimum atomic E-state index is -0.545. The van der Waals surface area contributed by atoms with E-state index in [-0.39, 0.29) is 30.3 Å². The highest BCUT2D eigenvalue weighted by molar-refractivity contribution is 5.90. The molecule has 0 aliphatic heterocycles. The quantitative estimate of drug-likeness (QED) is 0.635. The lowest BCUT2D eigenvalue weighted by Gasteiger charge is -2.05. The molecular weight excluding hydrogens is 264 g/mol. The highest BCUT2D eigenvalue weighted by atomic mass is 16.6. The van der Waals surface area contributed by atoms with Gasteiger partial charge in [0.15, 0.2) is 0 Å². The van der Waals surface area contributed by atoms with E-state index < -0.39 is 4.92 Å². The van der Waals surface area contributed by atoms with E-state index >= 15 is 0 Å². The number of carbonyl (C=O) groups excluding carboxylic acids is 1. The van der Waals surface area contributed by atoms with Gasteiger partial charge >= 0.3 is 5.69 Å². The Morgan fingerprint density at radius 3 is 2.95 bits per heavy atom. The first-order valence-corrected chi connectivity index (χ1v) is 5.80. The zero-order chi connectivity index (χ0) is 14.5. The smallest absolute Gasteiger partial charge is 0.306 e. The fourth-order valence-electron chi connectivity index (χ4n) is 1.59. The molecule has 20 heavy (non-hydrogen) atoms. The van der Waals surface area contributed by atoms with Gasteiger partial charge in [0.25, 0.3) is 0 Å². The van der Waals surface area contributed by atoms with E-state index in [9.17, 15) is 20.0 Å². The van der Waals surface area contributed by atoms with Crippen molar-refractivity contribution in [3.63, 3.8) is 0 Å². The van der Waals surface area contributed by atoms with E-state index in [2.05, 4.69) is 10.4 Å². The van der Waals surface area contributed by atoms with Crippen LogP contribution in [0.1, 0.15) is 6.42 Å². The number of aromatic nitrogens is 2. The Balaban J connectivity index is 1.87. The zero-order valence-corrected chi connectivity index (χ0v) is 10.4. The number of nitrogens with one attached hydrogen (secondary N) is 1. The van der Waals surface area contributed by atoms with Crippen LogP contribution in [-0.2, 0) is 11.3 Å². The maximum Gasteiger partial charge on any atom is 0.306 e. The number of aryl methyl sites for hydroxylation is 1. The van der Waals surface area contributed by atoms with Gasteiger partial charge in [-0.1, -0.05) is 6.07 Å². The number of phenolic OH excluding ortho intramolecular Hbond substituents is 1. The standard InChI is InChI=1S/C12H12N4O4/c17-11-3-1-2-9(6-11)14-12(18)4-5-15-8-10(7-13-15)16(19)20/h1-3,6-8,17H,4-5H2,(H,14,18). The molecule has 0 spiro atoms. The van der Waals surface area contributed by atoms with E-state index in [1.807, 2.05) is 0 Å². The average molecular weight is 276 g/mol. The molecule has 1 aromatic heterocycles. The predicted octanol–water partition coefficient (Wildman–Crippen LogP) is 1.53. The molecule has 0 saturated carbocycles. The summed E-state index contributed by atoms with van der Waals surface area (Å²) in [4.78, 5) is 21.6. The Morgan fingerprint density at radius 2 is 2.30 bits per heavy atom. The lowest BCUT2D eigenvalue weighted by atomic mass is 10.3. The molecule has 2 rings (SSSR count). The molecule has 2 N–H and O–H groups in total. The van der Waals surface area contributed by atoms with Gasteiger partial charge in [0.1, 0.15) is 18.1 Å². The molecule has 8 heteroatoms. The number of carbonyl (C=O) groups is 1. The van der Waals surface area contributed by atoms with Crippen molar-refractivity contribution in [3.8, 4) is 5.75 Å². The van der Waals surface area contributed by atoms with Crippen LogP contribution in [0.15, 0.2) is 36.7 Å². The molecule has 8 nitrogen and oxygen atoms in total. The Kier molecular flexibility index (Phi) is 3.94. The SMILES string of the molecule is O=C(CCn1cc([N+](=O)[O-])cn1)Nc1cccc(O)c1. The topological polar surface area (TPSA) is 110 Å². The van der Waals surface area contributed by atoms with E-state index in [0.717, 1.165) is 6.20 Å². The van der Waals surface area contributed by atoms with Gasteiger partial charge in [-0.2, -0.15) is 5.10 Å². The fraction of sp³-hybridized carbons (Fsp3) is 0.167. The molecular formula is C12H12N4O4. The number of nitro groups is 1. The van der Waals surface area contributed by atoms with Crippen molar-refractivity contribution in [1.82, 2.24) is 9.78 Å². The molecule has 0 bridgehead atoms. The molecule has 1 heterocycles.